The van der Waals surface area contributed by atoms with Gasteiger partial charge in [0.1, 0.15) is 29.7 Å². The second-order valence-corrected chi connectivity index (χ2v) is 7.68. The lowest BCUT2D eigenvalue weighted by atomic mass is 10.1. The molecule has 0 aromatic heterocycles. The molecule has 0 aliphatic carbocycles. The van der Waals surface area contributed by atoms with Crippen LogP contribution in [0.4, 0.5) is 5.69 Å². The van der Waals surface area contributed by atoms with Crippen LogP contribution in [0.1, 0.15) is 22.3 Å². The van der Waals surface area contributed by atoms with Crippen LogP contribution in [-0.4, -0.2) is 13.0 Å². The number of benzene rings is 3. The normalized spacial score (nSPS) is 10.9. The highest BCUT2D eigenvalue weighted by atomic mass is 35.5. The lowest BCUT2D eigenvalue weighted by Crippen LogP contribution is -2.13. The largest absolute Gasteiger partial charge is 0.497 e. The first-order valence-electron chi connectivity index (χ1n) is 9.95. The van der Waals surface area contributed by atoms with E-state index in [4.69, 9.17) is 21.1 Å². The first-order chi connectivity index (χ1) is 15.4. The van der Waals surface area contributed by atoms with Gasteiger partial charge in [0.05, 0.1) is 7.11 Å². The van der Waals surface area contributed by atoms with Gasteiger partial charge in [-0.25, -0.2) is 0 Å². The summed E-state index contributed by atoms with van der Waals surface area (Å²) in [5, 5.41) is 12.8. The number of anilines is 1. The molecular formula is C26H23ClN2O3. The number of aryl methyl sites for hydroxylation is 2. The van der Waals surface area contributed by atoms with Crippen LogP contribution in [0.25, 0.3) is 6.08 Å². The minimum absolute atomic E-state index is 0.0703. The van der Waals surface area contributed by atoms with Gasteiger partial charge in [0, 0.05) is 16.3 Å². The van der Waals surface area contributed by atoms with E-state index >= 15 is 0 Å². The fourth-order valence-corrected chi connectivity index (χ4v) is 3.18. The van der Waals surface area contributed by atoms with Gasteiger partial charge in [-0.05, 0) is 79.1 Å². The Bertz CT molecular complexity index is 1190. The van der Waals surface area contributed by atoms with E-state index in [2.05, 4.69) is 25.2 Å². The van der Waals surface area contributed by atoms with Crippen molar-refractivity contribution >= 4 is 29.3 Å². The van der Waals surface area contributed by atoms with E-state index < -0.39 is 5.91 Å². The fraction of sp³-hybridized carbons (Fsp3) is 0.154. The van der Waals surface area contributed by atoms with Crippen LogP contribution in [0.5, 0.6) is 11.5 Å². The van der Waals surface area contributed by atoms with Crippen molar-refractivity contribution in [3.63, 3.8) is 0 Å². The molecule has 5 nitrogen and oxygen atoms in total. The Kier molecular flexibility index (Phi) is 7.54. The van der Waals surface area contributed by atoms with Gasteiger partial charge in [0.15, 0.2) is 0 Å². The Hall–Kier alpha value is -3.75. The van der Waals surface area contributed by atoms with Crippen molar-refractivity contribution in [2.24, 2.45) is 0 Å². The highest BCUT2D eigenvalue weighted by molar-refractivity contribution is 6.30. The summed E-state index contributed by atoms with van der Waals surface area (Å²) >= 11 is 6.16. The quantitative estimate of drug-likeness (QED) is 0.352. The van der Waals surface area contributed by atoms with Crippen LogP contribution in [0, 0.1) is 25.2 Å². The van der Waals surface area contributed by atoms with Gasteiger partial charge in [0.25, 0.3) is 5.91 Å². The molecule has 0 fully saturated rings. The molecule has 3 aromatic carbocycles. The number of carbonyl (C=O) groups excluding carboxylic acids is 1. The van der Waals surface area contributed by atoms with Gasteiger partial charge in [0.2, 0.25) is 0 Å². The molecule has 3 aromatic rings. The van der Waals surface area contributed by atoms with Crippen LogP contribution in [0.3, 0.4) is 0 Å². The molecule has 1 N–H and O–H groups in total. The number of nitrogens with zero attached hydrogens (tertiary/aromatic N) is 1. The Morgan fingerprint density at radius 1 is 1.06 bits per heavy atom. The average molecular weight is 447 g/mol. The van der Waals surface area contributed by atoms with Gasteiger partial charge >= 0.3 is 0 Å². The number of carbonyl (C=O) groups is 1. The lowest BCUT2D eigenvalue weighted by Gasteiger charge is -2.12. The predicted octanol–water partition coefficient (Wildman–Crippen LogP) is 6.09. The molecule has 0 aliphatic heterocycles. The molecule has 0 atom stereocenters. The van der Waals surface area contributed by atoms with E-state index in [9.17, 15) is 10.1 Å². The van der Waals surface area contributed by atoms with E-state index in [1.807, 2.05) is 18.2 Å². The van der Waals surface area contributed by atoms with Crippen LogP contribution in [-0.2, 0) is 11.4 Å². The zero-order valence-corrected chi connectivity index (χ0v) is 18.9. The number of amides is 1. The third-order valence-electron chi connectivity index (χ3n) is 4.95. The third kappa shape index (κ3) is 5.90. The SMILES string of the molecule is COc1ccc(NC(=O)/C(C#N)=C/c2cc(Cl)ccc2OCc2ccc(C)c(C)c2)cc1. The maximum Gasteiger partial charge on any atom is 0.266 e. The first kappa shape index (κ1) is 22.9. The van der Waals surface area contributed by atoms with E-state index in [-0.39, 0.29) is 5.57 Å². The van der Waals surface area contributed by atoms with Crippen molar-refractivity contribution in [1.82, 2.24) is 0 Å². The van der Waals surface area contributed by atoms with E-state index in [1.165, 1.54) is 17.2 Å². The second kappa shape index (κ2) is 10.5. The summed E-state index contributed by atoms with van der Waals surface area (Å²) in [5.41, 5.74) is 4.45. The van der Waals surface area contributed by atoms with Crippen molar-refractivity contribution in [3.8, 4) is 17.6 Å². The second-order valence-electron chi connectivity index (χ2n) is 7.24. The lowest BCUT2D eigenvalue weighted by molar-refractivity contribution is -0.112. The molecule has 0 saturated carbocycles. The number of halogens is 1. The topological polar surface area (TPSA) is 71.3 Å². The molecule has 0 saturated heterocycles. The number of nitriles is 1. The van der Waals surface area contributed by atoms with Crippen LogP contribution in [0.2, 0.25) is 5.02 Å². The molecule has 0 radical (unpaired) electrons. The Morgan fingerprint density at radius 2 is 1.81 bits per heavy atom. The van der Waals surface area contributed by atoms with Gasteiger partial charge in [-0.15, -0.1) is 0 Å². The number of hydrogen-bond donors (Lipinski definition) is 1. The average Bonchev–Trinajstić information content (AvgIpc) is 2.79. The minimum Gasteiger partial charge on any atom is -0.497 e. The third-order valence-corrected chi connectivity index (χ3v) is 5.19. The summed E-state index contributed by atoms with van der Waals surface area (Å²) in [7, 11) is 1.56. The molecule has 0 spiro atoms. The molecule has 0 heterocycles. The Morgan fingerprint density at radius 3 is 2.47 bits per heavy atom. The smallest absolute Gasteiger partial charge is 0.266 e. The zero-order valence-electron chi connectivity index (χ0n) is 18.1. The summed E-state index contributed by atoms with van der Waals surface area (Å²) < 4.78 is 11.1. The number of methoxy groups -OCH3 is 1. The number of hydrogen-bond acceptors (Lipinski definition) is 4. The summed E-state index contributed by atoms with van der Waals surface area (Å²) in [6.45, 7) is 4.46. The zero-order chi connectivity index (χ0) is 23.1. The highest BCUT2D eigenvalue weighted by Crippen LogP contribution is 2.27. The van der Waals surface area contributed by atoms with Crippen molar-refractivity contribution in [2.75, 3.05) is 12.4 Å². The van der Waals surface area contributed by atoms with Crippen LogP contribution >= 0.6 is 11.6 Å². The molecule has 3 rings (SSSR count). The minimum atomic E-state index is -0.530. The maximum atomic E-state index is 12.6. The fourth-order valence-electron chi connectivity index (χ4n) is 2.99. The van der Waals surface area contributed by atoms with Crippen molar-refractivity contribution in [1.29, 1.82) is 5.26 Å². The van der Waals surface area contributed by atoms with Crippen molar-refractivity contribution in [3.05, 3.63) is 93.5 Å². The van der Waals surface area contributed by atoms with Crippen LogP contribution in [0.15, 0.2) is 66.2 Å². The first-order valence-corrected chi connectivity index (χ1v) is 10.3. The van der Waals surface area contributed by atoms with E-state index in [0.717, 1.165) is 5.56 Å². The molecule has 1 amide bonds. The van der Waals surface area contributed by atoms with Gasteiger partial charge in [-0.1, -0.05) is 29.8 Å². The van der Waals surface area contributed by atoms with Crippen molar-refractivity contribution in [2.45, 2.75) is 20.5 Å². The Labute approximate surface area is 192 Å². The predicted molar refractivity (Wildman–Crippen MR) is 127 cm³/mol. The van der Waals surface area contributed by atoms with Gasteiger partial charge < -0.3 is 14.8 Å². The summed E-state index contributed by atoms with van der Waals surface area (Å²) in [5.74, 6) is 0.666. The van der Waals surface area contributed by atoms with E-state index in [0.29, 0.717) is 34.4 Å². The Balaban J connectivity index is 1.81. The standard InChI is InChI=1S/C26H23ClN2O3/c1-17-4-5-19(12-18(17)2)16-32-25-11-6-22(27)14-20(25)13-21(15-28)26(30)29-23-7-9-24(31-3)10-8-23/h4-14H,16H2,1-3H3,(H,29,30)/b21-13+. The monoisotopic (exact) mass is 446 g/mol. The molecular weight excluding hydrogens is 424 g/mol. The molecule has 162 valence electrons. The maximum absolute atomic E-state index is 12.6. The van der Waals surface area contributed by atoms with Gasteiger partial charge in [-0.2, -0.15) is 5.26 Å². The summed E-state index contributed by atoms with van der Waals surface area (Å²) in [4.78, 5) is 12.6. The number of rotatable bonds is 7. The highest BCUT2D eigenvalue weighted by Gasteiger charge is 2.12. The molecule has 32 heavy (non-hydrogen) atoms. The molecule has 0 unspecified atom stereocenters. The van der Waals surface area contributed by atoms with Gasteiger partial charge in [-0.3, -0.25) is 4.79 Å². The molecule has 0 aliphatic rings. The van der Waals surface area contributed by atoms with Crippen molar-refractivity contribution < 1.29 is 14.3 Å². The van der Waals surface area contributed by atoms with E-state index in [1.54, 1.807) is 49.6 Å². The molecule has 6 heteroatoms. The molecule has 0 bridgehead atoms. The summed E-state index contributed by atoms with van der Waals surface area (Å²) in [6, 6.07) is 20.0. The number of ether oxygens (including phenoxy) is 2. The van der Waals surface area contributed by atoms with Crippen LogP contribution < -0.4 is 14.8 Å². The summed E-state index contributed by atoms with van der Waals surface area (Å²) in [6.07, 6.45) is 1.47. The number of nitrogens with one attached hydrogen (secondary N) is 1.